The molecule has 2 aromatic rings. The second kappa shape index (κ2) is 8.90. The number of likely N-dealkylation sites (tertiary alicyclic amines) is 1. The molecule has 0 spiro atoms. The van der Waals surface area contributed by atoms with Crippen LogP contribution in [0.1, 0.15) is 48.7 Å². The van der Waals surface area contributed by atoms with Crippen LogP contribution in [0.5, 0.6) is 11.5 Å². The zero-order valence-electron chi connectivity index (χ0n) is 18.0. The Morgan fingerprint density at radius 2 is 2.00 bits per heavy atom. The smallest absolute Gasteiger partial charge is 0.272 e. The number of nitrogens with zero attached hydrogens (tertiary/aromatic N) is 3. The fourth-order valence-corrected chi connectivity index (χ4v) is 4.07. The molecule has 7 nitrogen and oxygen atoms in total. The van der Waals surface area contributed by atoms with Crippen LogP contribution in [0.2, 0.25) is 0 Å². The summed E-state index contributed by atoms with van der Waals surface area (Å²) < 4.78 is 11.3. The van der Waals surface area contributed by atoms with Gasteiger partial charge in [0, 0.05) is 36.6 Å². The van der Waals surface area contributed by atoms with Crippen molar-refractivity contribution in [1.29, 1.82) is 0 Å². The monoisotopic (exact) mass is 410 g/mol. The molecule has 1 atom stereocenters. The zero-order valence-corrected chi connectivity index (χ0v) is 18.0. The number of hydrogen-bond acceptors (Lipinski definition) is 6. The van der Waals surface area contributed by atoms with Crippen molar-refractivity contribution in [3.8, 4) is 11.5 Å². The summed E-state index contributed by atoms with van der Waals surface area (Å²) in [6.45, 7) is 8.70. The first kappa shape index (κ1) is 20.4. The molecular weight excluding hydrogens is 380 g/mol. The summed E-state index contributed by atoms with van der Waals surface area (Å²) >= 11 is 0. The fourth-order valence-electron chi connectivity index (χ4n) is 4.07. The van der Waals surface area contributed by atoms with Crippen LogP contribution in [0.15, 0.2) is 24.3 Å². The molecule has 3 heterocycles. The van der Waals surface area contributed by atoms with Gasteiger partial charge in [-0.15, -0.1) is 0 Å². The molecule has 7 heteroatoms. The highest BCUT2D eigenvalue weighted by molar-refractivity contribution is 5.92. The summed E-state index contributed by atoms with van der Waals surface area (Å²) in [6, 6.07) is 7.94. The number of benzene rings is 1. The third-order valence-corrected chi connectivity index (χ3v) is 5.35. The molecule has 2 aliphatic rings. The van der Waals surface area contributed by atoms with Gasteiger partial charge in [0.2, 0.25) is 0 Å². The van der Waals surface area contributed by atoms with E-state index in [0.717, 1.165) is 48.7 Å². The van der Waals surface area contributed by atoms with E-state index in [1.807, 2.05) is 36.1 Å². The van der Waals surface area contributed by atoms with Crippen molar-refractivity contribution in [2.24, 2.45) is 5.92 Å². The van der Waals surface area contributed by atoms with Crippen LogP contribution >= 0.6 is 0 Å². The van der Waals surface area contributed by atoms with E-state index in [9.17, 15) is 4.79 Å². The van der Waals surface area contributed by atoms with Crippen molar-refractivity contribution in [2.75, 3.05) is 31.6 Å². The SMILES string of the molecule is Cc1nc(CC(C)C)cc(C(=O)N2CCC[C@H](Nc3ccc4c(c3)OCCO4)C2)n1. The lowest BCUT2D eigenvalue weighted by Crippen LogP contribution is -2.45. The molecule has 1 fully saturated rings. The molecule has 0 radical (unpaired) electrons. The number of fused-ring (bicyclic) bond motifs is 1. The number of piperidine rings is 1. The molecular formula is C23H30N4O3. The van der Waals surface area contributed by atoms with Gasteiger partial charge in [0.05, 0.1) is 0 Å². The van der Waals surface area contributed by atoms with E-state index in [2.05, 4.69) is 29.1 Å². The van der Waals surface area contributed by atoms with Crippen molar-refractivity contribution < 1.29 is 14.3 Å². The zero-order chi connectivity index (χ0) is 21.1. The topological polar surface area (TPSA) is 76.6 Å². The molecule has 1 amide bonds. The van der Waals surface area contributed by atoms with Crippen LogP contribution in [0.4, 0.5) is 5.69 Å². The molecule has 1 saturated heterocycles. The summed E-state index contributed by atoms with van der Waals surface area (Å²) in [5, 5.41) is 3.55. The minimum Gasteiger partial charge on any atom is -0.486 e. The van der Waals surface area contributed by atoms with Gasteiger partial charge in [0.15, 0.2) is 11.5 Å². The summed E-state index contributed by atoms with van der Waals surface area (Å²) in [5.74, 6) is 2.67. The third kappa shape index (κ3) is 4.83. The highest BCUT2D eigenvalue weighted by Gasteiger charge is 2.26. The molecule has 1 N–H and O–H groups in total. The maximum absolute atomic E-state index is 13.2. The van der Waals surface area contributed by atoms with E-state index < -0.39 is 0 Å². The van der Waals surface area contributed by atoms with Gasteiger partial charge in [-0.05, 0) is 50.3 Å². The van der Waals surface area contributed by atoms with E-state index in [1.54, 1.807) is 0 Å². The van der Waals surface area contributed by atoms with Crippen LogP contribution < -0.4 is 14.8 Å². The van der Waals surface area contributed by atoms with E-state index >= 15 is 0 Å². The van der Waals surface area contributed by atoms with Gasteiger partial charge in [-0.1, -0.05) is 13.8 Å². The molecule has 160 valence electrons. The predicted octanol–water partition coefficient (Wildman–Crippen LogP) is 3.47. The number of aryl methyl sites for hydroxylation is 1. The maximum Gasteiger partial charge on any atom is 0.272 e. The molecule has 2 aliphatic heterocycles. The summed E-state index contributed by atoms with van der Waals surface area (Å²) in [5.41, 5.74) is 2.41. The Bertz CT molecular complexity index is 915. The van der Waals surface area contributed by atoms with Gasteiger partial charge in [-0.2, -0.15) is 0 Å². The van der Waals surface area contributed by atoms with Crippen LogP contribution in [-0.4, -0.2) is 53.1 Å². The summed E-state index contributed by atoms with van der Waals surface area (Å²) in [6.07, 6.45) is 2.81. The van der Waals surface area contributed by atoms with Crippen LogP contribution in [0.3, 0.4) is 0 Å². The normalized spacial score (nSPS) is 18.4. The van der Waals surface area contributed by atoms with Gasteiger partial charge < -0.3 is 19.7 Å². The van der Waals surface area contributed by atoms with E-state index in [4.69, 9.17) is 9.47 Å². The van der Waals surface area contributed by atoms with Gasteiger partial charge in [0.1, 0.15) is 24.7 Å². The number of hydrogen-bond donors (Lipinski definition) is 1. The number of anilines is 1. The Balaban J connectivity index is 1.43. The largest absolute Gasteiger partial charge is 0.486 e. The Morgan fingerprint density at radius 1 is 1.20 bits per heavy atom. The minimum atomic E-state index is -0.0146. The molecule has 0 aliphatic carbocycles. The van der Waals surface area contributed by atoms with Crippen molar-refractivity contribution in [3.05, 3.63) is 41.5 Å². The lowest BCUT2D eigenvalue weighted by molar-refractivity contribution is 0.0708. The fraction of sp³-hybridized carbons (Fsp3) is 0.522. The molecule has 1 aromatic carbocycles. The quantitative estimate of drug-likeness (QED) is 0.813. The molecule has 4 rings (SSSR count). The summed E-state index contributed by atoms with van der Waals surface area (Å²) in [4.78, 5) is 24.0. The van der Waals surface area contributed by atoms with Gasteiger partial charge in [0.25, 0.3) is 5.91 Å². The number of nitrogens with one attached hydrogen (secondary N) is 1. The lowest BCUT2D eigenvalue weighted by Gasteiger charge is -2.33. The van der Waals surface area contributed by atoms with Crippen LogP contribution in [0.25, 0.3) is 0 Å². The average Bonchev–Trinajstić information content (AvgIpc) is 2.72. The number of rotatable bonds is 5. The molecule has 0 bridgehead atoms. The van der Waals surface area contributed by atoms with Crippen LogP contribution in [-0.2, 0) is 6.42 Å². The number of carbonyl (C=O) groups is 1. The average molecular weight is 411 g/mol. The highest BCUT2D eigenvalue weighted by Crippen LogP contribution is 2.33. The second-order valence-corrected chi connectivity index (χ2v) is 8.48. The standard InChI is InChI=1S/C23H30N4O3/c1-15(2)11-19-12-20(25-16(3)24-19)23(28)27-8-4-5-18(14-27)26-17-6-7-21-22(13-17)30-10-9-29-21/h6-7,12-13,15,18,26H,4-5,8-11,14H2,1-3H3/t18-/m0/s1. The lowest BCUT2D eigenvalue weighted by atomic mass is 10.0. The minimum absolute atomic E-state index is 0.0146. The first-order valence-corrected chi connectivity index (χ1v) is 10.8. The van der Waals surface area contributed by atoms with E-state index in [0.29, 0.717) is 37.2 Å². The van der Waals surface area contributed by atoms with Crippen molar-refractivity contribution in [2.45, 2.75) is 46.1 Å². The predicted molar refractivity (Wildman–Crippen MR) is 115 cm³/mol. The van der Waals surface area contributed by atoms with Crippen molar-refractivity contribution >= 4 is 11.6 Å². The number of aromatic nitrogens is 2. The van der Waals surface area contributed by atoms with Crippen LogP contribution in [0, 0.1) is 12.8 Å². The third-order valence-electron chi connectivity index (χ3n) is 5.35. The first-order chi connectivity index (χ1) is 14.5. The Kier molecular flexibility index (Phi) is 6.06. The molecule has 30 heavy (non-hydrogen) atoms. The van der Waals surface area contributed by atoms with Crippen molar-refractivity contribution in [3.63, 3.8) is 0 Å². The first-order valence-electron chi connectivity index (χ1n) is 10.8. The highest BCUT2D eigenvalue weighted by atomic mass is 16.6. The Labute approximate surface area is 177 Å². The van der Waals surface area contributed by atoms with E-state index in [-0.39, 0.29) is 11.9 Å². The van der Waals surface area contributed by atoms with Gasteiger partial charge in [-0.25, -0.2) is 9.97 Å². The second-order valence-electron chi connectivity index (χ2n) is 8.48. The number of ether oxygens (including phenoxy) is 2. The Hall–Kier alpha value is -2.83. The molecule has 1 aromatic heterocycles. The Morgan fingerprint density at radius 3 is 2.80 bits per heavy atom. The number of amides is 1. The van der Waals surface area contributed by atoms with Crippen molar-refractivity contribution in [1.82, 2.24) is 14.9 Å². The maximum atomic E-state index is 13.2. The molecule has 0 unspecified atom stereocenters. The van der Waals surface area contributed by atoms with Gasteiger partial charge in [-0.3, -0.25) is 4.79 Å². The number of carbonyl (C=O) groups excluding carboxylic acids is 1. The van der Waals surface area contributed by atoms with E-state index in [1.165, 1.54) is 0 Å². The van der Waals surface area contributed by atoms with Gasteiger partial charge >= 0.3 is 0 Å². The summed E-state index contributed by atoms with van der Waals surface area (Å²) in [7, 11) is 0. The molecule has 0 saturated carbocycles.